The van der Waals surface area contributed by atoms with E-state index in [2.05, 4.69) is 99.8 Å². The van der Waals surface area contributed by atoms with Crippen molar-refractivity contribution in [1.82, 2.24) is 15.6 Å². The number of benzene rings is 1. The second-order valence-electron chi connectivity index (χ2n) is 15.1. The number of allylic oxidation sites excluding steroid dienone is 1. The monoisotopic (exact) mass is 529 g/mol. The zero-order valence-electron chi connectivity index (χ0n) is 25.8. The van der Waals surface area contributed by atoms with Gasteiger partial charge in [0.1, 0.15) is 0 Å². The third kappa shape index (κ3) is 4.79. The van der Waals surface area contributed by atoms with Crippen LogP contribution in [0.1, 0.15) is 111 Å². The standard InChI is InChI=1S/C36H55N3/c1-25(2)11-10-12-26(3)31-17-18-32-30-16-15-28-23-29(19-21-35(28,4)33(30)20-22-36(31,32)5)39-24-34(38(6)37-39)27-13-8-7-9-14-27/h7-9,13-15,24-26,29-33,37H,10-12,16-23H2,1-6H3/t26-,29?,30+,31-,32+,33+,35+,36-/m1/s1. The molecule has 4 aliphatic carbocycles. The fraction of sp³-hybridized carbons (Fsp3) is 0.722. The summed E-state index contributed by atoms with van der Waals surface area (Å²) in [6.45, 7) is 12.8. The second-order valence-corrected chi connectivity index (χ2v) is 15.1. The fourth-order valence-electron chi connectivity index (χ4n) is 10.4. The molecule has 1 N–H and O–H groups in total. The van der Waals surface area contributed by atoms with Crippen LogP contribution in [-0.2, 0) is 0 Å². The first-order valence-electron chi connectivity index (χ1n) is 16.5. The van der Waals surface area contributed by atoms with Gasteiger partial charge in [0, 0.05) is 18.8 Å². The number of hydrazine groups is 2. The van der Waals surface area contributed by atoms with Gasteiger partial charge in [-0.1, -0.05) is 95.9 Å². The number of hydrogen-bond donors (Lipinski definition) is 1. The summed E-state index contributed by atoms with van der Waals surface area (Å²) in [4.78, 5) is 0. The molecule has 214 valence electrons. The molecule has 3 fully saturated rings. The summed E-state index contributed by atoms with van der Waals surface area (Å²) in [5, 5.41) is 4.60. The maximum Gasteiger partial charge on any atom is 0.0780 e. The van der Waals surface area contributed by atoms with E-state index in [4.69, 9.17) is 0 Å². The normalized spacial score (nSPS) is 38.7. The lowest BCUT2D eigenvalue weighted by Crippen LogP contribution is -2.53. The highest BCUT2D eigenvalue weighted by Gasteiger charge is 2.59. The molecule has 1 aromatic carbocycles. The van der Waals surface area contributed by atoms with E-state index in [1.165, 1.54) is 81.9 Å². The molecule has 5 aliphatic rings. The van der Waals surface area contributed by atoms with Gasteiger partial charge in [-0.25, -0.2) is 0 Å². The molecule has 0 spiro atoms. The summed E-state index contributed by atoms with van der Waals surface area (Å²) in [5.74, 6) is 5.47. The van der Waals surface area contributed by atoms with Crippen LogP contribution in [0.5, 0.6) is 0 Å². The molecule has 3 heteroatoms. The average molecular weight is 530 g/mol. The topological polar surface area (TPSA) is 18.5 Å². The van der Waals surface area contributed by atoms with E-state index in [0.29, 0.717) is 16.9 Å². The van der Waals surface area contributed by atoms with Crippen LogP contribution < -0.4 is 5.53 Å². The smallest absolute Gasteiger partial charge is 0.0780 e. The Morgan fingerprint density at radius 2 is 1.74 bits per heavy atom. The van der Waals surface area contributed by atoms with E-state index in [-0.39, 0.29) is 0 Å². The number of fused-ring (bicyclic) bond motifs is 5. The SMILES string of the molecule is CC(C)CCC[C@@H](C)[C@H]1CC[C@H]2[C@@H]3CC=C4CC(N5C=C(c6ccccc6)N(C)N5)CC[C@]4(C)[C@H]3CC[C@]12C. The van der Waals surface area contributed by atoms with Crippen LogP contribution in [-0.4, -0.2) is 23.1 Å². The van der Waals surface area contributed by atoms with E-state index in [9.17, 15) is 0 Å². The van der Waals surface area contributed by atoms with E-state index in [0.717, 1.165) is 35.5 Å². The highest BCUT2D eigenvalue weighted by atomic mass is 15.8. The van der Waals surface area contributed by atoms with Crippen LogP contribution in [0.15, 0.2) is 48.2 Å². The third-order valence-electron chi connectivity index (χ3n) is 12.6. The van der Waals surface area contributed by atoms with Crippen LogP contribution in [0, 0.1) is 46.3 Å². The predicted octanol–water partition coefficient (Wildman–Crippen LogP) is 9.06. The van der Waals surface area contributed by atoms with Crippen LogP contribution in [0.2, 0.25) is 0 Å². The largest absolute Gasteiger partial charge is 0.292 e. The van der Waals surface area contributed by atoms with Gasteiger partial charge in [-0.2, -0.15) is 0 Å². The first kappa shape index (κ1) is 27.4. The number of rotatable bonds is 7. The molecule has 39 heavy (non-hydrogen) atoms. The lowest BCUT2D eigenvalue weighted by molar-refractivity contribution is -0.0556. The molecule has 0 saturated heterocycles. The Bertz CT molecular complexity index is 1070. The molecule has 0 radical (unpaired) electrons. The van der Waals surface area contributed by atoms with Crippen LogP contribution >= 0.6 is 0 Å². The highest BCUT2D eigenvalue weighted by Crippen LogP contribution is 2.67. The third-order valence-corrected chi connectivity index (χ3v) is 12.6. The van der Waals surface area contributed by atoms with Gasteiger partial charge in [-0.15, -0.1) is 5.53 Å². The van der Waals surface area contributed by atoms with Gasteiger partial charge >= 0.3 is 0 Å². The molecule has 0 bridgehead atoms. The molecule has 1 heterocycles. The zero-order chi connectivity index (χ0) is 27.4. The molecule has 0 aromatic heterocycles. The Labute approximate surface area is 239 Å². The minimum atomic E-state index is 0.416. The van der Waals surface area contributed by atoms with Crippen molar-refractivity contribution in [3.8, 4) is 0 Å². The van der Waals surface area contributed by atoms with Gasteiger partial charge in [0.05, 0.1) is 11.7 Å². The highest BCUT2D eigenvalue weighted by molar-refractivity contribution is 5.64. The second kappa shape index (κ2) is 10.6. The summed E-state index contributed by atoms with van der Waals surface area (Å²) >= 11 is 0. The maximum absolute atomic E-state index is 3.65. The Kier molecular flexibility index (Phi) is 7.45. The quantitative estimate of drug-likeness (QED) is 0.355. The van der Waals surface area contributed by atoms with Crippen molar-refractivity contribution in [1.29, 1.82) is 0 Å². The minimum absolute atomic E-state index is 0.416. The molecule has 3 saturated carbocycles. The molecular weight excluding hydrogens is 474 g/mol. The lowest BCUT2D eigenvalue weighted by Gasteiger charge is -2.59. The van der Waals surface area contributed by atoms with E-state index in [1.807, 2.05) is 0 Å². The van der Waals surface area contributed by atoms with Crippen molar-refractivity contribution in [3.05, 3.63) is 53.7 Å². The maximum atomic E-state index is 3.65. The minimum Gasteiger partial charge on any atom is -0.292 e. The Balaban J connectivity index is 1.15. The lowest BCUT2D eigenvalue weighted by atomic mass is 9.47. The number of hydrogen-bond acceptors (Lipinski definition) is 3. The predicted molar refractivity (Wildman–Crippen MR) is 164 cm³/mol. The molecular formula is C36H55N3. The first-order chi connectivity index (χ1) is 18.7. The van der Waals surface area contributed by atoms with E-state index in [1.54, 1.807) is 5.57 Å². The first-order valence-corrected chi connectivity index (χ1v) is 16.5. The molecule has 1 aliphatic heterocycles. The van der Waals surface area contributed by atoms with Crippen molar-refractivity contribution >= 4 is 5.70 Å². The Hall–Kier alpha value is -1.74. The Morgan fingerprint density at radius 1 is 0.949 bits per heavy atom. The van der Waals surface area contributed by atoms with Gasteiger partial charge in [0.2, 0.25) is 0 Å². The van der Waals surface area contributed by atoms with E-state index < -0.39 is 0 Å². The van der Waals surface area contributed by atoms with Crippen LogP contribution in [0.3, 0.4) is 0 Å². The van der Waals surface area contributed by atoms with Gasteiger partial charge in [0.15, 0.2) is 0 Å². The van der Waals surface area contributed by atoms with Crippen molar-refractivity contribution in [2.24, 2.45) is 46.3 Å². The van der Waals surface area contributed by atoms with Crippen LogP contribution in [0.25, 0.3) is 5.70 Å². The molecule has 0 amide bonds. The van der Waals surface area contributed by atoms with Gasteiger partial charge < -0.3 is 0 Å². The summed E-state index contributed by atoms with van der Waals surface area (Å²) in [7, 11) is 2.15. The van der Waals surface area contributed by atoms with Crippen molar-refractivity contribution in [2.75, 3.05) is 7.05 Å². The fourth-order valence-corrected chi connectivity index (χ4v) is 10.4. The van der Waals surface area contributed by atoms with Crippen molar-refractivity contribution < 1.29 is 0 Å². The van der Waals surface area contributed by atoms with Crippen molar-refractivity contribution in [2.45, 2.75) is 111 Å². The van der Waals surface area contributed by atoms with Gasteiger partial charge in [-0.05, 0) is 97.7 Å². The number of nitrogens with one attached hydrogen (secondary N) is 1. The molecule has 3 nitrogen and oxygen atoms in total. The summed E-state index contributed by atoms with van der Waals surface area (Å²) < 4.78 is 0. The van der Waals surface area contributed by atoms with Gasteiger partial charge in [0.25, 0.3) is 0 Å². The summed E-state index contributed by atoms with van der Waals surface area (Å²) in [5.41, 5.74) is 8.99. The van der Waals surface area contributed by atoms with Crippen molar-refractivity contribution in [3.63, 3.8) is 0 Å². The molecule has 1 unspecified atom stereocenters. The zero-order valence-corrected chi connectivity index (χ0v) is 25.8. The van der Waals surface area contributed by atoms with E-state index >= 15 is 0 Å². The number of nitrogens with zero attached hydrogens (tertiary/aromatic N) is 2. The van der Waals surface area contributed by atoms with Gasteiger partial charge in [-0.3, -0.25) is 10.0 Å². The van der Waals surface area contributed by atoms with Crippen LogP contribution in [0.4, 0.5) is 0 Å². The summed E-state index contributed by atoms with van der Waals surface area (Å²) in [6.07, 6.45) is 20.5. The molecule has 1 aromatic rings. The molecule has 6 rings (SSSR count). The summed E-state index contributed by atoms with van der Waals surface area (Å²) in [6, 6.07) is 11.3. The average Bonchev–Trinajstić information content (AvgIpc) is 3.48. The Morgan fingerprint density at radius 3 is 2.51 bits per heavy atom. The molecule has 8 atom stereocenters.